The lowest BCUT2D eigenvalue weighted by Crippen LogP contribution is -2.05. The molecule has 5 heteroatoms. The maximum atomic E-state index is 6.74. The second kappa shape index (κ2) is 14.2. The fourth-order valence-corrected chi connectivity index (χ4v) is 11.1. The Kier molecular flexibility index (Phi) is 7.72. The van der Waals surface area contributed by atoms with Crippen LogP contribution in [0.4, 0.5) is 0 Å². The highest BCUT2D eigenvalue weighted by molar-refractivity contribution is 6.21. The number of hydrogen-bond donors (Lipinski definition) is 0. The molecule has 0 saturated heterocycles. The van der Waals surface area contributed by atoms with E-state index < -0.39 is 0 Å². The van der Waals surface area contributed by atoms with Gasteiger partial charge in [-0.25, -0.2) is 15.0 Å². The fourth-order valence-electron chi connectivity index (χ4n) is 11.1. The van der Waals surface area contributed by atoms with Gasteiger partial charge in [0, 0.05) is 32.8 Å². The smallest absolute Gasteiger partial charge is 0.166 e. The number of furan rings is 1. The molecule has 3 aromatic heterocycles. The van der Waals surface area contributed by atoms with Crippen LogP contribution in [0.25, 0.3) is 148 Å². The van der Waals surface area contributed by atoms with Gasteiger partial charge in [-0.1, -0.05) is 164 Å². The molecular formula is C63H36N4O. The van der Waals surface area contributed by atoms with Gasteiger partial charge in [-0.15, -0.1) is 0 Å². The van der Waals surface area contributed by atoms with E-state index in [1.54, 1.807) is 0 Å². The molecule has 0 N–H and O–H groups in total. The van der Waals surface area contributed by atoms with Crippen LogP contribution in [0, 0.1) is 0 Å². The van der Waals surface area contributed by atoms with Gasteiger partial charge in [0.05, 0.1) is 22.1 Å². The standard InChI is InChI=1S/C63H36N4O/c1-3-17-39-35-55-51(31-37(39)15-1)52-32-38-16-2-4-18-40(38)36-56(52)67(55)60-50(29-30-58-59(60)49-27-13-14-28-57(49)68-58)61-64-62(53-33-41-19-5-7-21-43(41)45-23-9-11-25-47(45)53)66-63(65-61)54-34-42-20-6-8-22-44(42)46-24-10-12-26-48(46)54/h1-36H. The molecule has 0 aliphatic rings. The minimum atomic E-state index is 0.568. The molecule has 0 aliphatic carbocycles. The number of benzene rings is 12. The van der Waals surface area contributed by atoms with Gasteiger partial charge in [-0.05, 0) is 119 Å². The van der Waals surface area contributed by atoms with Crippen molar-refractivity contribution in [1.29, 1.82) is 0 Å². The largest absolute Gasteiger partial charge is 0.456 e. The predicted molar refractivity (Wildman–Crippen MR) is 283 cm³/mol. The Hall–Kier alpha value is -9.19. The summed E-state index contributed by atoms with van der Waals surface area (Å²) >= 11 is 0. The van der Waals surface area contributed by atoms with Crippen LogP contribution in [0.15, 0.2) is 223 Å². The summed E-state index contributed by atoms with van der Waals surface area (Å²) in [6, 6.07) is 78.1. The van der Waals surface area contributed by atoms with Crippen molar-refractivity contribution in [3.63, 3.8) is 0 Å². The molecule has 15 aromatic rings. The van der Waals surface area contributed by atoms with Crippen LogP contribution in [-0.2, 0) is 0 Å². The van der Waals surface area contributed by atoms with E-state index in [1.807, 2.05) is 6.07 Å². The SMILES string of the molecule is c1ccc2cc3c(cc2c1)c1cc2ccccc2cc1n3-c1c(-c2nc(-c3cc4ccccc4c4ccccc34)nc(-c3cc4ccccc4c4ccccc34)n2)ccc2oc3ccccc3c12. The summed E-state index contributed by atoms with van der Waals surface area (Å²) in [5.74, 6) is 1.77. The quantitative estimate of drug-likeness (QED) is 0.165. The maximum Gasteiger partial charge on any atom is 0.166 e. The number of rotatable bonds is 4. The highest BCUT2D eigenvalue weighted by Gasteiger charge is 2.26. The molecule has 3 heterocycles. The van der Waals surface area contributed by atoms with Crippen molar-refractivity contribution in [1.82, 2.24) is 19.5 Å². The lowest BCUT2D eigenvalue weighted by atomic mass is 9.96. The van der Waals surface area contributed by atoms with Crippen molar-refractivity contribution in [2.24, 2.45) is 0 Å². The van der Waals surface area contributed by atoms with Crippen LogP contribution >= 0.6 is 0 Å². The summed E-state index contributed by atoms with van der Waals surface area (Å²) in [5, 5.41) is 18.1. The number of nitrogens with zero attached hydrogens (tertiary/aromatic N) is 4. The zero-order valence-corrected chi connectivity index (χ0v) is 36.5. The van der Waals surface area contributed by atoms with Crippen molar-refractivity contribution in [3.8, 4) is 39.9 Å². The first-order valence-electron chi connectivity index (χ1n) is 23.1. The molecule has 0 spiro atoms. The summed E-state index contributed by atoms with van der Waals surface area (Å²) in [4.78, 5) is 16.8. The zero-order valence-electron chi connectivity index (χ0n) is 36.5. The summed E-state index contributed by atoms with van der Waals surface area (Å²) in [5.41, 5.74) is 7.49. The monoisotopic (exact) mass is 864 g/mol. The van der Waals surface area contributed by atoms with E-state index in [1.165, 1.54) is 32.3 Å². The third kappa shape index (κ3) is 5.41. The molecule has 68 heavy (non-hydrogen) atoms. The Morgan fingerprint density at radius 3 is 1.19 bits per heavy atom. The number of para-hydroxylation sites is 1. The van der Waals surface area contributed by atoms with Gasteiger partial charge in [-0.3, -0.25) is 0 Å². The second-order valence-corrected chi connectivity index (χ2v) is 17.9. The van der Waals surface area contributed by atoms with E-state index in [-0.39, 0.29) is 0 Å². The molecule has 0 unspecified atom stereocenters. The van der Waals surface area contributed by atoms with E-state index in [9.17, 15) is 0 Å². The van der Waals surface area contributed by atoms with E-state index in [0.29, 0.717) is 17.5 Å². The first kappa shape index (κ1) is 37.1. The van der Waals surface area contributed by atoms with Gasteiger partial charge in [-0.2, -0.15) is 0 Å². The maximum absolute atomic E-state index is 6.74. The minimum absolute atomic E-state index is 0.568. The fraction of sp³-hybridized carbons (Fsp3) is 0. The molecule has 0 radical (unpaired) electrons. The van der Waals surface area contributed by atoms with Gasteiger partial charge >= 0.3 is 0 Å². The normalized spacial score (nSPS) is 12.1. The summed E-state index contributed by atoms with van der Waals surface area (Å²) in [6.45, 7) is 0. The number of aromatic nitrogens is 4. The summed E-state index contributed by atoms with van der Waals surface area (Å²) < 4.78 is 9.19. The molecule has 0 saturated carbocycles. The molecule has 0 fully saturated rings. The number of hydrogen-bond acceptors (Lipinski definition) is 4. The topological polar surface area (TPSA) is 56.7 Å². The third-order valence-electron chi connectivity index (χ3n) is 14.1. The van der Waals surface area contributed by atoms with Crippen molar-refractivity contribution in [3.05, 3.63) is 218 Å². The molecule has 314 valence electrons. The lowest BCUT2D eigenvalue weighted by molar-refractivity contribution is 0.669. The van der Waals surface area contributed by atoms with Crippen molar-refractivity contribution in [2.75, 3.05) is 0 Å². The van der Waals surface area contributed by atoms with Crippen LogP contribution in [0.1, 0.15) is 0 Å². The number of fused-ring (bicyclic) bond motifs is 14. The first-order chi connectivity index (χ1) is 33.7. The molecular weight excluding hydrogens is 829 g/mol. The predicted octanol–water partition coefficient (Wildman–Crippen LogP) is 16.8. The van der Waals surface area contributed by atoms with Crippen LogP contribution in [0.3, 0.4) is 0 Å². The van der Waals surface area contributed by atoms with Crippen molar-refractivity contribution >= 4 is 108 Å². The van der Waals surface area contributed by atoms with Gasteiger partial charge in [0.15, 0.2) is 17.5 Å². The van der Waals surface area contributed by atoms with Crippen molar-refractivity contribution < 1.29 is 4.42 Å². The highest BCUT2D eigenvalue weighted by atomic mass is 16.3. The molecule has 0 amide bonds. The third-order valence-corrected chi connectivity index (χ3v) is 14.1. The Balaban J connectivity index is 1.12. The Labute approximate surface area is 388 Å². The van der Waals surface area contributed by atoms with Crippen LogP contribution < -0.4 is 0 Å². The van der Waals surface area contributed by atoms with E-state index >= 15 is 0 Å². The second-order valence-electron chi connectivity index (χ2n) is 17.9. The zero-order chi connectivity index (χ0) is 44.5. The Morgan fingerprint density at radius 1 is 0.279 bits per heavy atom. The van der Waals surface area contributed by atoms with Gasteiger partial charge in [0.2, 0.25) is 0 Å². The first-order valence-corrected chi connectivity index (χ1v) is 23.1. The average molecular weight is 865 g/mol. The highest BCUT2D eigenvalue weighted by Crippen LogP contribution is 2.46. The van der Waals surface area contributed by atoms with Gasteiger partial charge in [0.25, 0.3) is 0 Å². The average Bonchev–Trinajstić information content (AvgIpc) is 3.93. The van der Waals surface area contributed by atoms with E-state index in [2.05, 4.69) is 217 Å². The van der Waals surface area contributed by atoms with Crippen LogP contribution in [0.2, 0.25) is 0 Å². The lowest BCUT2D eigenvalue weighted by Gasteiger charge is -2.17. The molecule has 12 aromatic carbocycles. The van der Waals surface area contributed by atoms with Crippen LogP contribution in [-0.4, -0.2) is 19.5 Å². The van der Waals surface area contributed by atoms with E-state index in [0.717, 1.165) is 98.4 Å². The Bertz CT molecular complexity index is 4410. The minimum Gasteiger partial charge on any atom is -0.456 e. The molecule has 0 bridgehead atoms. The Morgan fingerprint density at radius 2 is 0.676 bits per heavy atom. The van der Waals surface area contributed by atoms with E-state index in [4.69, 9.17) is 19.4 Å². The van der Waals surface area contributed by atoms with Gasteiger partial charge in [0.1, 0.15) is 11.2 Å². The van der Waals surface area contributed by atoms with Crippen LogP contribution in [0.5, 0.6) is 0 Å². The molecule has 15 rings (SSSR count). The molecule has 0 aliphatic heterocycles. The van der Waals surface area contributed by atoms with Crippen molar-refractivity contribution in [2.45, 2.75) is 0 Å². The summed E-state index contributed by atoms with van der Waals surface area (Å²) in [6.07, 6.45) is 0. The molecule has 5 nitrogen and oxygen atoms in total. The van der Waals surface area contributed by atoms with Gasteiger partial charge < -0.3 is 8.98 Å². The summed E-state index contributed by atoms with van der Waals surface area (Å²) in [7, 11) is 0. The molecule has 0 atom stereocenters.